The Morgan fingerprint density at radius 3 is 3.00 bits per heavy atom. The highest BCUT2D eigenvalue weighted by atomic mass is 35.5. The average molecular weight is 371 g/mol. The molecule has 2 aromatic rings. The summed E-state index contributed by atoms with van der Waals surface area (Å²) < 4.78 is 6.96. The maximum atomic E-state index is 12.3. The molecule has 3 heterocycles. The molecule has 130 valence electrons. The molecule has 1 aliphatic rings. The monoisotopic (exact) mass is 370 g/mol. The summed E-state index contributed by atoms with van der Waals surface area (Å²) in [7, 11) is 0. The highest BCUT2D eigenvalue weighted by Gasteiger charge is 2.23. The van der Waals surface area contributed by atoms with Crippen LogP contribution in [0.25, 0.3) is 5.65 Å². The van der Waals surface area contributed by atoms with E-state index in [-0.39, 0.29) is 0 Å². The molecule has 8 heteroatoms. The first-order valence-electron chi connectivity index (χ1n) is 8.06. The number of pyridine rings is 1. The largest absolute Gasteiger partial charge is 0.461 e. The van der Waals surface area contributed by atoms with Crippen LogP contribution in [0.4, 0.5) is 0 Å². The summed E-state index contributed by atoms with van der Waals surface area (Å²) in [6.07, 6.45) is 2.80. The van der Waals surface area contributed by atoms with Crippen LogP contribution in [0.5, 0.6) is 0 Å². The molecule has 0 spiro atoms. The van der Waals surface area contributed by atoms with Crippen LogP contribution in [0.15, 0.2) is 12.3 Å². The van der Waals surface area contributed by atoms with Gasteiger partial charge in [0.05, 0.1) is 22.3 Å². The number of carbonyl (C=O) groups excluding carboxylic acids is 1. The Balaban J connectivity index is 2.04. The number of carbonyl (C=O) groups is 1. The Hall–Kier alpha value is -1.34. The maximum Gasteiger partial charge on any atom is 0.358 e. The number of hydrogen-bond donors (Lipinski definition) is 1. The zero-order chi connectivity index (χ0) is 17.1. The number of ether oxygens (including phenoxy) is 1. The first-order valence-corrected chi connectivity index (χ1v) is 8.82. The van der Waals surface area contributed by atoms with Gasteiger partial charge >= 0.3 is 5.97 Å². The topological polar surface area (TPSA) is 58.9 Å². The molecule has 0 aliphatic carbocycles. The molecule has 24 heavy (non-hydrogen) atoms. The van der Waals surface area contributed by atoms with Crippen molar-refractivity contribution in [2.75, 3.05) is 32.8 Å². The molecule has 0 aromatic carbocycles. The lowest BCUT2D eigenvalue weighted by molar-refractivity contribution is 0.0517. The number of halogens is 2. The van der Waals surface area contributed by atoms with Crippen molar-refractivity contribution in [3.8, 4) is 0 Å². The zero-order valence-electron chi connectivity index (χ0n) is 13.5. The van der Waals surface area contributed by atoms with Gasteiger partial charge in [-0.25, -0.2) is 9.78 Å². The van der Waals surface area contributed by atoms with Gasteiger partial charge in [-0.05, 0) is 32.5 Å². The molecule has 1 N–H and O–H groups in total. The fraction of sp³-hybridized carbons (Fsp3) is 0.500. The Bertz CT molecular complexity index is 739. The van der Waals surface area contributed by atoms with Gasteiger partial charge in [0.2, 0.25) is 0 Å². The summed E-state index contributed by atoms with van der Waals surface area (Å²) in [5.41, 5.74) is 1.58. The van der Waals surface area contributed by atoms with Crippen molar-refractivity contribution in [2.45, 2.75) is 19.9 Å². The Morgan fingerprint density at radius 2 is 2.21 bits per heavy atom. The van der Waals surface area contributed by atoms with Gasteiger partial charge in [-0.3, -0.25) is 9.30 Å². The van der Waals surface area contributed by atoms with E-state index >= 15 is 0 Å². The molecule has 0 unspecified atom stereocenters. The second-order valence-electron chi connectivity index (χ2n) is 5.71. The van der Waals surface area contributed by atoms with Crippen molar-refractivity contribution in [3.63, 3.8) is 0 Å². The lowest BCUT2D eigenvalue weighted by atomic mass is 10.2. The number of esters is 1. The first-order chi connectivity index (χ1) is 11.6. The van der Waals surface area contributed by atoms with Crippen LogP contribution >= 0.6 is 23.2 Å². The van der Waals surface area contributed by atoms with Gasteiger partial charge in [0.1, 0.15) is 0 Å². The lowest BCUT2D eigenvalue weighted by Gasteiger charge is -2.19. The minimum atomic E-state index is -0.434. The Morgan fingerprint density at radius 1 is 1.38 bits per heavy atom. The number of aromatic nitrogens is 2. The molecule has 1 aliphatic heterocycles. The van der Waals surface area contributed by atoms with E-state index in [1.807, 2.05) is 0 Å². The van der Waals surface area contributed by atoms with Gasteiger partial charge in [0.15, 0.2) is 11.3 Å². The number of fused-ring (bicyclic) bond motifs is 1. The van der Waals surface area contributed by atoms with Crippen molar-refractivity contribution >= 4 is 34.8 Å². The molecule has 3 rings (SSSR count). The molecule has 1 saturated heterocycles. The van der Waals surface area contributed by atoms with Crippen molar-refractivity contribution in [1.82, 2.24) is 19.6 Å². The molecular weight excluding hydrogens is 351 g/mol. The van der Waals surface area contributed by atoms with Crippen LogP contribution in [0.1, 0.15) is 29.5 Å². The standard InChI is InChI=1S/C16H20Cl2N4O2/c1-2-24-16(23)14-13(10-21-6-3-4-19-5-7-21)22-9-11(17)8-12(18)15(22)20-14/h8-9,19H,2-7,10H2,1H3. The fourth-order valence-corrected chi connectivity index (χ4v) is 3.42. The predicted octanol–water partition coefficient (Wildman–Crippen LogP) is 2.61. The second kappa shape index (κ2) is 7.70. The van der Waals surface area contributed by atoms with Crippen LogP contribution in [-0.4, -0.2) is 53.0 Å². The summed E-state index contributed by atoms with van der Waals surface area (Å²) in [6, 6.07) is 1.63. The van der Waals surface area contributed by atoms with E-state index in [9.17, 15) is 4.79 Å². The molecule has 0 radical (unpaired) electrons. The summed E-state index contributed by atoms with van der Waals surface area (Å²) in [5, 5.41) is 4.28. The van der Waals surface area contributed by atoms with Crippen LogP contribution < -0.4 is 5.32 Å². The van der Waals surface area contributed by atoms with Crippen molar-refractivity contribution in [2.24, 2.45) is 0 Å². The number of nitrogens with zero attached hydrogens (tertiary/aromatic N) is 3. The van der Waals surface area contributed by atoms with Crippen molar-refractivity contribution < 1.29 is 9.53 Å². The van der Waals surface area contributed by atoms with Crippen LogP contribution in [-0.2, 0) is 11.3 Å². The molecule has 0 atom stereocenters. The number of rotatable bonds is 4. The second-order valence-corrected chi connectivity index (χ2v) is 6.55. The van der Waals surface area contributed by atoms with Crippen LogP contribution in [0.3, 0.4) is 0 Å². The van der Waals surface area contributed by atoms with E-state index in [0.29, 0.717) is 34.5 Å². The van der Waals surface area contributed by atoms with E-state index in [2.05, 4.69) is 15.2 Å². The van der Waals surface area contributed by atoms with Crippen molar-refractivity contribution in [3.05, 3.63) is 33.7 Å². The Labute approximate surface area is 150 Å². The summed E-state index contributed by atoms with van der Waals surface area (Å²) >= 11 is 12.4. The predicted molar refractivity (Wildman–Crippen MR) is 93.9 cm³/mol. The van der Waals surface area contributed by atoms with E-state index in [1.54, 1.807) is 23.6 Å². The summed E-state index contributed by atoms with van der Waals surface area (Å²) in [4.78, 5) is 19.0. The molecule has 6 nitrogen and oxygen atoms in total. The summed E-state index contributed by atoms with van der Waals surface area (Å²) in [6.45, 7) is 6.46. The van der Waals surface area contributed by atoms with Gasteiger partial charge in [0.25, 0.3) is 0 Å². The SMILES string of the molecule is CCOC(=O)c1nc2c(Cl)cc(Cl)cn2c1CN1CCCNCC1. The number of nitrogens with one attached hydrogen (secondary N) is 1. The molecule has 0 amide bonds. The van der Waals surface area contributed by atoms with Gasteiger partial charge in [-0.15, -0.1) is 0 Å². The van der Waals surface area contributed by atoms with Gasteiger partial charge in [-0.2, -0.15) is 0 Å². The Kier molecular flexibility index (Phi) is 5.61. The molecule has 0 bridgehead atoms. The van der Waals surface area contributed by atoms with Gasteiger partial charge in [-0.1, -0.05) is 23.2 Å². The average Bonchev–Trinajstić information content (AvgIpc) is 2.71. The van der Waals surface area contributed by atoms with E-state index in [4.69, 9.17) is 27.9 Å². The fourth-order valence-electron chi connectivity index (χ4n) is 2.91. The third-order valence-corrected chi connectivity index (χ3v) is 4.50. The summed E-state index contributed by atoms with van der Waals surface area (Å²) in [5.74, 6) is -0.434. The third kappa shape index (κ3) is 3.67. The quantitative estimate of drug-likeness (QED) is 0.838. The van der Waals surface area contributed by atoms with E-state index in [0.717, 1.165) is 38.3 Å². The normalized spacial score (nSPS) is 16.3. The van der Waals surface area contributed by atoms with Gasteiger partial charge in [0, 0.05) is 25.8 Å². The van der Waals surface area contributed by atoms with Crippen LogP contribution in [0.2, 0.25) is 10.0 Å². The molecule has 1 fully saturated rings. The van der Waals surface area contributed by atoms with Crippen molar-refractivity contribution in [1.29, 1.82) is 0 Å². The minimum Gasteiger partial charge on any atom is -0.461 e. The zero-order valence-corrected chi connectivity index (χ0v) is 15.0. The molecule has 0 saturated carbocycles. The van der Waals surface area contributed by atoms with E-state index < -0.39 is 5.97 Å². The first kappa shape index (κ1) is 17.5. The highest BCUT2D eigenvalue weighted by molar-refractivity contribution is 6.36. The minimum absolute atomic E-state index is 0.300. The molecule has 2 aromatic heterocycles. The maximum absolute atomic E-state index is 12.3. The number of imidazole rings is 1. The highest BCUT2D eigenvalue weighted by Crippen LogP contribution is 2.26. The number of hydrogen-bond acceptors (Lipinski definition) is 5. The van der Waals surface area contributed by atoms with Gasteiger partial charge < -0.3 is 10.1 Å². The van der Waals surface area contributed by atoms with E-state index in [1.165, 1.54) is 0 Å². The molecular formula is C16H20Cl2N4O2. The lowest BCUT2D eigenvalue weighted by Crippen LogP contribution is -2.29. The smallest absolute Gasteiger partial charge is 0.358 e. The van der Waals surface area contributed by atoms with Crippen LogP contribution in [0, 0.1) is 0 Å². The third-order valence-electron chi connectivity index (χ3n) is 4.02.